The van der Waals surface area contributed by atoms with E-state index in [2.05, 4.69) is 5.32 Å². The molecule has 9 nitrogen and oxygen atoms in total. The lowest BCUT2D eigenvalue weighted by molar-refractivity contribution is -0.148. The van der Waals surface area contributed by atoms with Crippen molar-refractivity contribution in [2.75, 3.05) is 41.0 Å². The monoisotopic (exact) mass is 394 g/mol. The first kappa shape index (κ1) is 21.5. The largest absolute Gasteiger partial charge is 0.497 e. The minimum Gasteiger partial charge on any atom is -0.497 e. The van der Waals surface area contributed by atoms with E-state index < -0.39 is 12.1 Å². The van der Waals surface area contributed by atoms with Gasteiger partial charge in [-0.15, -0.1) is 0 Å². The van der Waals surface area contributed by atoms with E-state index in [0.717, 1.165) is 0 Å². The number of hydrogen-bond donors (Lipinski definition) is 2. The topological polar surface area (TPSA) is 114 Å². The molecule has 1 unspecified atom stereocenters. The average molecular weight is 394 g/mol. The molecule has 0 bridgehead atoms. The maximum atomic E-state index is 12.8. The van der Waals surface area contributed by atoms with Crippen LogP contribution in [-0.4, -0.2) is 74.9 Å². The Bertz CT molecular complexity index is 692. The number of hydrogen-bond acceptors (Lipinski definition) is 6. The van der Waals surface area contributed by atoms with Crippen molar-refractivity contribution >= 4 is 17.8 Å². The molecule has 0 aromatic heterocycles. The summed E-state index contributed by atoms with van der Waals surface area (Å²) in [4.78, 5) is 37.6. The molecule has 1 saturated heterocycles. The van der Waals surface area contributed by atoms with Gasteiger partial charge in [0.25, 0.3) is 5.91 Å². The minimum atomic E-state index is -1.13. The SMILES string of the molecule is COc1cc(OC)cc(C(=O)N2CCC(C(=O)NCC(OC)C(=O)O)CC2)c1. The Kier molecular flexibility index (Phi) is 7.62. The summed E-state index contributed by atoms with van der Waals surface area (Å²) in [7, 11) is 4.32. The minimum absolute atomic E-state index is 0.0899. The maximum absolute atomic E-state index is 12.8. The van der Waals surface area contributed by atoms with E-state index in [4.69, 9.17) is 19.3 Å². The number of nitrogens with one attached hydrogen (secondary N) is 1. The van der Waals surface area contributed by atoms with Crippen LogP contribution in [0.25, 0.3) is 0 Å². The van der Waals surface area contributed by atoms with Crippen LogP contribution in [0.4, 0.5) is 0 Å². The van der Waals surface area contributed by atoms with Crippen molar-refractivity contribution in [1.82, 2.24) is 10.2 Å². The lowest BCUT2D eigenvalue weighted by Crippen LogP contribution is -2.45. The summed E-state index contributed by atoms with van der Waals surface area (Å²) in [5, 5.41) is 11.5. The number of amides is 2. The number of benzene rings is 1. The standard InChI is InChI=1S/C19H26N2O7/c1-26-14-8-13(9-15(10-14)27-2)18(23)21-6-4-12(5-7-21)17(22)20-11-16(28-3)19(24)25/h8-10,12,16H,4-7,11H2,1-3H3,(H,20,22)(H,24,25). The highest BCUT2D eigenvalue weighted by Crippen LogP contribution is 2.25. The number of carbonyl (C=O) groups is 3. The molecule has 2 amide bonds. The third-order valence-electron chi connectivity index (χ3n) is 4.77. The van der Waals surface area contributed by atoms with Crippen molar-refractivity contribution in [2.24, 2.45) is 5.92 Å². The number of carboxylic acid groups (broad SMARTS) is 1. The van der Waals surface area contributed by atoms with Gasteiger partial charge in [-0.2, -0.15) is 0 Å². The van der Waals surface area contributed by atoms with Crippen LogP contribution in [0.1, 0.15) is 23.2 Å². The smallest absolute Gasteiger partial charge is 0.334 e. The number of aliphatic carboxylic acids is 1. The zero-order valence-electron chi connectivity index (χ0n) is 16.3. The summed E-state index contributed by atoms with van der Waals surface area (Å²) >= 11 is 0. The van der Waals surface area contributed by atoms with Crippen LogP contribution in [0.15, 0.2) is 18.2 Å². The lowest BCUT2D eigenvalue weighted by Gasteiger charge is -2.31. The van der Waals surface area contributed by atoms with E-state index in [1.54, 1.807) is 23.1 Å². The Hall–Kier alpha value is -2.81. The molecule has 1 aliphatic heterocycles. The first-order valence-corrected chi connectivity index (χ1v) is 8.95. The number of ether oxygens (including phenoxy) is 3. The first-order chi connectivity index (χ1) is 13.4. The molecular formula is C19H26N2O7. The predicted molar refractivity (Wildman–Crippen MR) is 99.6 cm³/mol. The van der Waals surface area contributed by atoms with Gasteiger partial charge in [-0.3, -0.25) is 9.59 Å². The molecule has 0 radical (unpaired) electrons. The number of piperidine rings is 1. The van der Waals surface area contributed by atoms with E-state index in [1.807, 2.05) is 0 Å². The molecule has 1 fully saturated rings. The zero-order valence-corrected chi connectivity index (χ0v) is 16.3. The van der Waals surface area contributed by atoms with Gasteiger partial charge in [-0.1, -0.05) is 0 Å². The van der Waals surface area contributed by atoms with Gasteiger partial charge in [0, 0.05) is 37.7 Å². The van der Waals surface area contributed by atoms with Gasteiger partial charge in [0.1, 0.15) is 11.5 Å². The third-order valence-corrected chi connectivity index (χ3v) is 4.77. The number of carboxylic acids is 1. The van der Waals surface area contributed by atoms with Gasteiger partial charge in [0.05, 0.1) is 20.8 Å². The molecule has 0 saturated carbocycles. The summed E-state index contributed by atoms with van der Waals surface area (Å²) in [5.74, 6) is -0.710. The summed E-state index contributed by atoms with van der Waals surface area (Å²) in [5.41, 5.74) is 0.462. The van der Waals surface area contributed by atoms with E-state index >= 15 is 0 Å². The van der Waals surface area contributed by atoms with Crippen molar-refractivity contribution in [3.63, 3.8) is 0 Å². The second-order valence-corrected chi connectivity index (χ2v) is 6.48. The normalized spacial score (nSPS) is 15.6. The number of rotatable bonds is 8. The second kappa shape index (κ2) is 9.93. The van der Waals surface area contributed by atoms with Crippen LogP contribution in [0.5, 0.6) is 11.5 Å². The molecule has 1 atom stereocenters. The van der Waals surface area contributed by atoms with Gasteiger partial charge in [0.15, 0.2) is 6.10 Å². The summed E-state index contributed by atoms with van der Waals surface area (Å²) < 4.78 is 15.2. The molecule has 28 heavy (non-hydrogen) atoms. The van der Waals surface area contributed by atoms with Gasteiger partial charge in [0.2, 0.25) is 5.91 Å². The number of likely N-dealkylation sites (tertiary alicyclic amines) is 1. The average Bonchev–Trinajstić information content (AvgIpc) is 2.72. The highest BCUT2D eigenvalue weighted by molar-refractivity contribution is 5.95. The number of methoxy groups -OCH3 is 3. The molecule has 1 aromatic carbocycles. The molecule has 1 aliphatic rings. The molecule has 2 N–H and O–H groups in total. The Morgan fingerprint density at radius 2 is 1.68 bits per heavy atom. The van der Waals surface area contributed by atoms with Crippen LogP contribution in [0.2, 0.25) is 0 Å². The van der Waals surface area contributed by atoms with Gasteiger partial charge >= 0.3 is 5.97 Å². The summed E-state index contributed by atoms with van der Waals surface area (Å²) in [6.07, 6.45) is -0.0686. The van der Waals surface area contributed by atoms with Crippen molar-refractivity contribution in [3.05, 3.63) is 23.8 Å². The second-order valence-electron chi connectivity index (χ2n) is 6.48. The maximum Gasteiger partial charge on any atom is 0.334 e. The molecule has 9 heteroatoms. The first-order valence-electron chi connectivity index (χ1n) is 8.95. The summed E-state index contributed by atoms with van der Waals surface area (Å²) in [6, 6.07) is 5.00. The molecule has 1 heterocycles. The lowest BCUT2D eigenvalue weighted by atomic mass is 9.95. The Morgan fingerprint density at radius 1 is 1.11 bits per heavy atom. The van der Waals surface area contributed by atoms with E-state index in [9.17, 15) is 14.4 Å². The quantitative estimate of drug-likeness (QED) is 0.669. The van der Waals surface area contributed by atoms with Crippen molar-refractivity contribution in [3.8, 4) is 11.5 Å². The number of carbonyl (C=O) groups excluding carboxylic acids is 2. The Labute approximate surface area is 163 Å². The highest BCUT2D eigenvalue weighted by Gasteiger charge is 2.29. The van der Waals surface area contributed by atoms with Crippen LogP contribution < -0.4 is 14.8 Å². The molecule has 1 aromatic rings. The fourth-order valence-corrected chi connectivity index (χ4v) is 3.07. The fourth-order valence-electron chi connectivity index (χ4n) is 3.07. The Morgan fingerprint density at radius 3 is 2.14 bits per heavy atom. The van der Waals surface area contributed by atoms with Crippen molar-refractivity contribution in [1.29, 1.82) is 0 Å². The number of nitrogens with zero attached hydrogens (tertiary/aromatic N) is 1. The highest BCUT2D eigenvalue weighted by atomic mass is 16.5. The Balaban J connectivity index is 1.92. The van der Waals surface area contributed by atoms with Crippen LogP contribution in [0, 0.1) is 5.92 Å². The third kappa shape index (κ3) is 5.35. The van der Waals surface area contributed by atoms with Crippen LogP contribution >= 0.6 is 0 Å². The predicted octanol–water partition coefficient (Wildman–Crippen LogP) is 0.772. The zero-order chi connectivity index (χ0) is 20.7. The van der Waals surface area contributed by atoms with Crippen LogP contribution in [-0.2, 0) is 14.3 Å². The van der Waals surface area contributed by atoms with Gasteiger partial charge in [-0.25, -0.2) is 4.79 Å². The molecule has 2 rings (SSSR count). The van der Waals surface area contributed by atoms with Crippen LogP contribution in [0.3, 0.4) is 0 Å². The van der Waals surface area contributed by atoms with E-state index in [0.29, 0.717) is 43.0 Å². The van der Waals surface area contributed by atoms with E-state index in [1.165, 1.54) is 21.3 Å². The summed E-state index contributed by atoms with van der Waals surface area (Å²) in [6.45, 7) is 0.777. The van der Waals surface area contributed by atoms with Gasteiger partial charge < -0.3 is 29.5 Å². The van der Waals surface area contributed by atoms with Crippen molar-refractivity contribution < 1.29 is 33.7 Å². The molecule has 0 spiro atoms. The fraction of sp³-hybridized carbons (Fsp3) is 0.526. The van der Waals surface area contributed by atoms with Gasteiger partial charge in [-0.05, 0) is 25.0 Å². The molecule has 0 aliphatic carbocycles. The van der Waals surface area contributed by atoms with Crippen molar-refractivity contribution in [2.45, 2.75) is 18.9 Å². The molecular weight excluding hydrogens is 368 g/mol. The molecule has 154 valence electrons. The van der Waals surface area contributed by atoms with E-state index in [-0.39, 0.29) is 24.3 Å².